The van der Waals surface area contributed by atoms with Crippen molar-refractivity contribution < 1.29 is 9.66 Å². The summed E-state index contributed by atoms with van der Waals surface area (Å²) in [7, 11) is 0. The van der Waals surface area contributed by atoms with E-state index in [0.29, 0.717) is 18.0 Å². The smallest absolute Gasteiger partial charge is 0.296 e. The maximum absolute atomic E-state index is 11.2. The average molecular weight is 287 g/mol. The summed E-state index contributed by atoms with van der Waals surface area (Å²) in [6, 6.07) is 10.2. The zero-order valence-electron chi connectivity index (χ0n) is 11.9. The maximum atomic E-state index is 11.2. The molecule has 6 heteroatoms. The minimum Gasteiger partial charge on any atom is -0.494 e. The molecular weight excluding hydrogens is 270 g/mol. The molecule has 1 N–H and O–H groups in total. The van der Waals surface area contributed by atoms with E-state index in [9.17, 15) is 10.1 Å². The van der Waals surface area contributed by atoms with E-state index in [-0.39, 0.29) is 11.7 Å². The molecule has 0 spiro atoms. The fourth-order valence-corrected chi connectivity index (χ4v) is 1.98. The number of nitro groups is 1. The van der Waals surface area contributed by atoms with Gasteiger partial charge in [-0.1, -0.05) is 6.07 Å². The zero-order chi connectivity index (χ0) is 15.2. The molecule has 1 aromatic heterocycles. The lowest BCUT2D eigenvalue weighted by molar-refractivity contribution is -0.384. The predicted molar refractivity (Wildman–Crippen MR) is 80.5 cm³/mol. The second-order valence-corrected chi connectivity index (χ2v) is 4.49. The second-order valence-electron chi connectivity index (χ2n) is 4.49. The van der Waals surface area contributed by atoms with Crippen molar-refractivity contribution in [1.29, 1.82) is 0 Å². The molecule has 0 aliphatic rings. The lowest BCUT2D eigenvalue weighted by Crippen LogP contribution is -2.09. The normalized spacial score (nSPS) is 11.7. The van der Waals surface area contributed by atoms with Crippen LogP contribution in [0.5, 0.6) is 5.75 Å². The van der Waals surface area contributed by atoms with Gasteiger partial charge in [0.2, 0.25) is 0 Å². The van der Waals surface area contributed by atoms with Gasteiger partial charge in [0.1, 0.15) is 11.4 Å². The Bertz CT molecular complexity index is 617. The number of anilines is 1. The van der Waals surface area contributed by atoms with E-state index in [1.807, 2.05) is 32.0 Å². The molecule has 21 heavy (non-hydrogen) atoms. The van der Waals surface area contributed by atoms with E-state index in [0.717, 1.165) is 5.69 Å². The lowest BCUT2D eigenvalue weighted by Gasteiger charge is -2.15. The van der Waals surface area contributed by atoms with Gasteiger partial charge in [-0.05, 0) is 38.1 Å². The van der Waals surface area contributed by atoms with Gasteiger partial charge >= 0.3 is 0 Å². The predicted octanol–water partition coefficient (Wildman–Crippen LogP) is 3.56. The standard InChI is InChI=1S/C15H17N3O3/c1-3-21-12-7-8-14(15(10-12)18(19)20)17-11(2)13-6-4-5-9-16-13/h4-11,17H,3H2,1-2H3. The van der Waals surface area contributed by atoms with Crippen LogP contribution in [0.15, 0.2) is 42.6 Å². The Kier molecular flexibility index (Phi) is 4.71. The van der Waals surface area contributed by atoms with Gasteiger partial charge in [-0.2, -0.15) is 0 Å². The first-order valence-corrected chi connectivity index (χ1v) is 6.70. The van der Waals surface area contributed by atoms with E-state index >= 15 is 0 Å². The fraction of sp³-hybridized carbons (Fsp3) is 0.267. The molecule has 0 aliphatic carbocycles. The Labute approximate surface area is 122 Å². The fourth-order valence-electron chi connectivity index (χ4n) is 1.98. The van der Waals surface area contributed by atoms with Crippen molar-refractivity contribution in [1.82, 2.24) is 4.98 Å². The molecule has 0 bridgehead atoms. The Hall–Kier alpha value is -2.63. The van der Waals surface area contributed by atoms with Gasteiger partial charge in [0.25, 0.3) is 5.69 Å². The number of hydrogen-bond acceptors (Lipinski definition) is 5. The third-order valence-corrected chi connectivity index (χ3v) is 2.98. The second kappa shape index (κ2) is 6.69. The molecule has 1 unspecified atom stereocenters. The van der Waals surface area contributed by atoms with Crippen molar-refractivity contribution >= 4 is 11.4 Å². The molecule has 1 aromatic carbocycles. The number of benzene rings is 1. The van der Waals surface area contributed by atoms with Crippen LogP contribution in [0.4, 0.5) is 11.4 Å². The van der Waals surface area contributed by atoms with Crippen molar-refractivity contribution in [3.05, 3.63) is 58.4 Å². The SMILES string of the molecule is CCOc1ccc(NC(C)c2ccccn2)c([N+](=O)[O-])c1. The summed E-state index contributed by atoms with van der Waals surface area (Å²) < 4.78 is 5.30. The Morgan fingerprint density at radius 3 is 2.81 bits per heavy atom. The molecule has 6 nitrogen and oxygen atoms in total. The summed E-state index contributed by atoms with van der Waals surface area (Å²) in [6.07, 6.45) is 1.69. The Morgan fingerprint density at radius 1 is 1.38 bits per heavy atom. The zero-order valence-corrected chi connectivity index (χ0v) is 11.9. The van der Waals surface area contributed by atoms with Gasteiger partial charge in [-0.3, -0.25) is 15.1 Å². The van der Waals surface area contributed by atoms with Crippen LogP contribution in [0.2, 0.25) is 0 Å². The number of aromatic nitrogens is 1. The van der Waals surface area contributed by atoms with Crippen molar-refractivity contribution in [3.63, 3.8) is 0 Å². The first-order chi connectivity index (χ1) is 10.1. The van der Waals surface area contributed by atoms with Crippen LogP contribution in [0, 0.1) is 10.1 Å². The minimum absolute atomic E-state index is 0.0104. The summed E-state index contributed by atoms with van der Waals surface area (Å²) >= 11 is 0. The monoisotopic (exact) mass is 287 g/mol. The van der Waals surface area contributed by atoms with Crippen LogP contribution in [-0.2, 0) is 0 Å². The van der Waals surface area contributed by atoms with E-state index in [1.54, 1.807) is 18.3 Å². The van der Waals surface area contributed by atoms with Crippen LogP contribution >= 0.6 is 0 Å². The van der Waals surface area contributed by atoms with E-state index in [2.05, 4.69) is 10.3 Å². The van der Waals surface area contributed by atoms with Crippen LogP contribution < -0.4 is 10.1 Å². The summed E-state index contributed by atoms with van der Waals surface area (Å²) in [5.74, 6) is 0.486. The molecule has 2 aromatic rings. The highest BCUT2D eigenvalue weighted by Gasteiger charge is 2.17. The lowest BCUT2D eigenvalue weighted by atomic mass is 10.2. The van der Waals surface area contributed by atoms with Crippen LogP contribution in [0.1, 0.15) is 25.6 Å². The van der Waals surface area contributed by atoms with Crippen molar-refractivity contribution in [2.24, 2.45) is 0 Å². The van der Waals surface area contributed by atoms with E-state index < -0.39 is 4.92 Å². The van der Waals surface area contributed by atoms with Gasteiger partial charge in [0, 0.05) is 6.20 Å². The Morgan fingerprint density at radius 2 is 2.19 bits per heavy atom. The first-order valence-electron chi connectivity index (χ1n) is 6.70. The number of pyridine rings is 1. The van der Waals surface area contributed by atoms with Crippen molar-refractivity contribution in [3.8, 4) is 5.75 Å². The quantitative estimate of drug-likeness (QED) is 0.649. The summed E-state index contributed by atoms with van der Waals surface area (Å²) in [5.41, 5.74) is 1.26. The van der Waals surface area contributed by atoms with E-state index in [4.69, 9.17) is 4.74 Å². The van der Waals surface area contributed by atoms with Crippen LogP contribution in [-0.4, -0.2) is 16.5 Å². The average Bonchev–Trinajstić information content (AvgIpc) is 2.49. The number of rotatable bonds is 6. The van der Waals surface area contributed by atoms with Gasteiger partial charge in [-0.15, -0.1) is 0 Å². The molecule has 1 atom stereocenters. The van der Waals surface area contributed by atoms with Gasteiger partial charge < -0.3 is 10.1 Å². The number of nitrogens with zero attached hydrogens (tertiary/aromatic N) is 2. The highest BCUT2D eigenvalue weighted by Crippen LogP contribution is 2.31. The minimum atomic E-state index is -0.421. The van der Waals surface area contributed by atoms with Crippen molar-refractivity contribution in [2.75, 3.05) is 11.9 Å². The number of nitro benzene ring substituents is 1. The molecule has 0 amide bonds. The molecule has 110 valence electrons. The maximum Gasteiger partial charge on any atom is 0.296 e. The summed E-state index contributed by atoms with van der Waals surface area (Å²) in [5, 5.41) is 14.3. The number of hydrogen-bond donors (Lipinski definition) is 1. The summed E-state index contributed by atoms with van der Waals surface area (Å²) in [4.78, 5) is 15.0. The molecular formula is C15H17N3O3. The molecule has 0 saturated carbocycles. The van der Waals surface area contributed by atoms with Crippen LogP contribution in [0.25, 0.3) is 0 Å². The van der Waals surface area contributed by atoms with Crippen molar-refractivity contribution in [2.45, 2.75) is 19.9 Å². The van der Waals surface area contributed by atoms with E-state index in [1.165, 1.54) is 6.07 Å². The highest BCUT2D eigenvalue weighted by atomic mass is 16.6. The van der Waals surface area contributed by atoms with Crippen LogP contribution in [0.3, 0.4) is 0 Å². The third-order valence-electron chi connectivity index (χ3n) is 2.98. The van der Waals surface area contributed by atoms with Gasteiger partial charge in [-0.25, -0.2) is 0 Å². The largest absolute Gasteiger partial charge is 0.494 e. The summed E-state index contributed by atoms with van der Waals surface area (Å²) in [6.45, 7) is 4.21. The molecule has 1 heterocycles. The molecule has 0 fully saturated rings. The first kappa shape index (κ1) is 14.8. The molecule has 2 rings (SSSR count). The third kappa shape index (κ3) is 3.68. The van der Waals surface area contributed by atoms with Gasteiger partial charge in [0.05, 0.1) is 29.3 Å². The highest BCUT2D eigenvalue weighted by molar-refractivity contribution is 5.64. The van der Waals surface area contributed by atoms with Gasteiger partial charge in [0.15, 0.2) is 0 Å². The molecule has 0 radical (unpaired) electrons. The topological polar surface area (TPSA) is 77.3 Å². The molecule has 0 aliphatic heterocycles. The number of ether oxygens (including phenoxy) is 1. The molecule has 0 saturated heterocycles. The Balaban J connectivity index is 2.25. The number of nitrogens with one attached hydrogen (secondary N) is 1.